The quantitative estimate of drug-likeness (QED) is 0.650. The number of hydrogen-bond acceptors (Lipinski definition) is 1. The van der Waals surface area contributed by atoms with Crippen LogP contribution in [0.4, 0.5) is 0 Å². The zero-order valence-corrected chi connectivity index (χ0v) is 6.34. The maximum atomic E-state index is 10.3. The Hall–Kier alpha value is -0.530. The van der Waals surface area contributed by atoms with Crippen LogP contribution in [-0.2, 0) is 4.79 Å². The highest BCUT2D eigenvalue weighted by atomic mass is 16.4. The molecule has 1 aliphatic carbocycles. The Morgan fingerprint density at radius 1 is 1.70 bits per heavy atom. The van der Waals surface area contributed by atoms with Gasteiger partial charge in [0, 0.05) is 0 Å². The van der Waals surface area contributed by atoms with Gasteiger partial charge >= 0.3 is 5.97 Å². The lowest BCUT2D eigenvalue weighted by atomic mass is 10.1. The Balaban J connectivity index is 2.08. The van der Waals surface area contributed by atoms with Crippen LogP contribution < -0.4 is 0 Å². The van der Waals surface area contributed by atoms with Gasteiger partial charge < -0.3 is 5.11 Å². The van der Waals surface area contributed by atoms with Crippen molar-refractivity contribution in [2.24, 2.45) is 11.8 Å². The van der Waals surface area contributed by atoms with Crippen molar-refractivity contribution in [3.05, 3.63) is 0 Å². The highest BCUT2D eigenvalue weighted by Crippen LogP contribution is 2.42. The zero-order chi connectivity index (χ0) is 7.56. The first-order valence-electron chi connectivity index (χ1n) is 3.98. The third kappa shape index (κ3) is 1.72. The van der Waals surface area contributed by atoms with Gasteiger partial charge in [-0.15, -0.1) is 0 Å². The predicted molar refractivity (Wildman–Crippen MR) is 38.8 cm³/mol. The molecule has 0 bridgehead atoms. The molecule has 0 aromatic rings. The van der Waals surface area contributed by atoms with Crippen molar-refractivity contribution >= 4 is 5.97 Å². The number of carboxylic acids is 1. The van der Waals surface area contributed by atoms with Crippen LogP contribution >= 0.6 is 0 Å². The zero-order valence-electron chi connectivity index (χ0n) is 6.34. The smallest absolute Gasteiger partial charge is 0.306 e. The Morgan fingerprint density at radius 3 is 2.80 bits per heavy atom. The summed E-state index contributed by atoms with van der Waals surface area (Å²) in [4.78, 5) is 10.3. The minimum Gasteiger partial charge on any atom is -0.481 e. The third-order valence-electron chi connectivity index (χ3n) is 2.17. The van der Waals surface area contributed by atoms with E-state index in [9.17, 15) is 4.79 Å². The molecule has 58 valence electrons. The summed E-state index contributed by atoms with van der Waals surface area (Å²) < 4.78 is 0. The second kappa shape index (κ2) is 3.04. The average Bonchev–Trinajstić information content (AvgIpc) is 2.62. The maximum absolute atomic E-state index is 10.3. The summed E-state index contributed by atoms with van der Waals surface area (Å²) in [5, 5.41) is 8.52. The largest absolute Gasteiger partial charge is 0.481 e. The molecule has 10 heavy (non-hydrogen) atoms. The molecule has 1 aliphatic rings. The van der Waals surface area contributed by atoms with Crippen LogP contribution in [-0.4, -0.2) is 11.1 Å². The van der Waals surface area contributed by atoms with Gasteiger partial charge in [0.05, 0.1) is 5.92 Å². The Labute approximate surface area is 61.2 Å². The van der Waals surface area contributed by atoms with Gasteiger partial charge in [-0.05, 0) is 18.8 Å². The summed E-state index contributed by atoms with van der Waals surface area (Å²) in [5.41, 5.74) is 0. The summed E-state index contributed by atoms with van der Waals surface area (Å²) in [6.07, 6.45) is 4.42. The molecule has 0 radical (unpaired) electrons. The first-order valence-corrected chi connectivity index (χ1v) is 3.98. The number of unbranched alkanes of at least 4 members (excludes halogenated alkanes) is 1. The van der Waals surface area contributed by atoms with E-state index < -0.39 is 5.97 Å². The van der Waals surface area contributed by atoms with Gasteiger partial charge in [-0.2, -0.15) is 0 Å². The fourth-order valence-electron chi connectivity index (χ4n) is 1.34. The predicted octanol–water partition coefficient (Wildman–Crippen LogP) is 1.90. The second-order valence-electron chi connectivity index (χ2n) is 3.08. The minimum atomic E-state index is -0.596. The first kappa shape index (κ1) is 7.58. The molecule has 2 atom stereocenters. The molecule has 2 heteroatoms. The topological polar surface area (TPSA) is 37.3 Å². The van der Waals surface area contributed by atoms with Crippen LogP contribution in [0.25, 0.3) is 0 Å². The van der Waals surface area contributed by atoms with Gasteiger partial charge in [-0.25, -0.2) is 0 Å². The Bertz CT molecular complexity index is 131. The van der Waals surface area contributed by atoms with Crippen molar-refractivity contribution in [1.82, 2.24) is 0 Å². The Kier molecular flexibility index (Phi) is 2.30. The maximum Gasteiger partial charge on any atom is 0.306 e. The normalized spacial score (nSPS) is 30.1. The summed E-state index contributed by atoms with van der Waals surface area (Å²) >= 11 is 0. The van der Waals surface area contributed by atoms with Crippen molar-refractivity contribution < 1.29 is 9.90 Å². The summed E-state index contributed by atoms with van der Waals surface area (Å²) in [7, 11) is 0. The molecular formula is C8H14O2. The van der Waals surface area contributed by atoms with Crippen LogP contribution in [0.1, 0.15) is 32.6 Å². The lowest BCUT2D eigenvalue weighted by Crippen LogP contribution is -1.99. The summed E-state index contributed by atoms with van der Waals surface area (Å²) in [5.74, 6) is -0.0786. The number of aliphatic carboxylic acids is 1. The lowest BCUT2D eigenvalue weighted by Gasteiger charge is -1.92. The van der Waals surface area contributed by atoms with Crippen molar-refractivity contribution in [3.8, 4) is 0 Å². The van der Waals surface area contributed by atoms with Crippen molar-refractivity contribution in [2.45, 2.75) is 32.6 Å². The molecule has 0 unspecified atom stereocenters. The molecule has 0 aromatic carbocycles. The van der Waals surface area contributed by atoms with E-state index in [0.29, 0.717) is 5.92 Å². The number of hydrogen-bond donors (Lipinski definition) is 1. The van der Waals surface area contributed by atoms with E-state index in [1.54, 1.807) is 0 Å². The molecule has 0 aromatic heterocycles. The van der Waals surface area contributed by atoms with E-state index in [1.165, 1.54) is 12.8 Å². The highest BCUT2D eigenvalue weighted by molar-refractivity contribution is 5.73. The molecule has 1 fully saturated rings. The van der Waals surface area contributed by atoms with Crippen molar-refractivity contribution in [3.63, 3.8) is 0 Å². The van der Waals surface area contributed by atoms with Gasteiger partial charge in [0.2, 0.25) is 0 Å². The molecule has 1 saturated carbocycles. The molecule has 1 rings (SSSR count). The van der Waals surface area contributed by atoms with Gasteiger partial charge in [0.15, 0.2) is 0 Å². The van der Waals surface area contributed by atoms with E-state index >= 15 is 0 Å². The van der Waals surface area contributed by atoms with E-state index in [0.717, 1.165) is 12.8 Å². The molecule has 1 N–H and O–H groups in total. The van der Waals surface area contributed by atoms with Crippen LogP contribution in [0.5, 0.6) is 0 Å². The molecule has 0 amide bonds. The number of carbonyl (C=O) groups is 1. The average molecular weight is 142 g/mol. The van der Waals surface area contributed by atoms with E-state index in [1.807, 2.05) is 0 Å². The molecule has 0 heterocycles. The fourth-order valence-corrected chi connectivity index (χ4v) is 1.34. The molecular weight excluding hydrogens is 128 g/mol. The van der Waals surface area contributed by atoms with E-state index in [4.69, 9.17) is 5.11 Å². The molecule has 0 aliphatic heterocycles. The van der Waals surface area contributed by atoms with E-state index in [-0.39, 0.29) is 5.92 Å². The molecule has 2 nitrogen and oxygen atoms in total. The van der Waals surface area contributed by atoms with Crippen molar-refractivity contribution in [2.75, 3.05) is 0 Å². The monoisotopic (exact) mass is 142 g/mol. The second-order valence-corrected chi connectivity index (χ2v) is 3.08. The highest BCUT2D eigenvalue weighted by Gasteiger charge is 2.41. The molecule has 0 spiro atoms. The van der Waals surface area contributed by atoms with Gasteiger partial charge in [0.25, 0.3) is 0 Å². The summed E-state index contributed by atoms with van der Waals surface area (Å²) in [6, 6.07) is 0. The third-order valence-corrected chi connectivity index (χ3v) is 2.17. The molecule has 0 saturated heterocycles. The number of rotatable bonds is 4. The van der Waals surface area contributed by atoms with Crippen LogP contribution in [0, 0.1) is 11.8 Å². The van der Waals surface area contributed by atoms with Gasteiger partial charge in [-0.3, -0.25) is 4.79 Å². The Morgan fingerprint density at radius 2 is 2.40 bits per heavy atom. The van der Waals surface area contributed by atoms with Crippen molar-refractivity contribution in [1.29, 1.82) is 0 Å². The standard InChI is InChI=1S/C8H14O2/c1-2-3-4-6-5-7(6)8(9)10/h6-7H,2-5H2,1H3,(H,9,10)/t6-,7+/m0/s1. The first-order chi connectivity index (χ1) is 4.75. The van der Waals surface area contributed by atoms with Gasteiger partial charge in [-0.1, -0.05) is 19.8 Å². The van der Waals surface area contributed by atoms with Gasteiger partial charge in [0.1, 0.15) is 0 Å². The summed E-state index contributed by atoms with van der Waals surface area (Å²) in [6.45, 7) is 2.14. The minimum absolute atomic E-state index is 0.00606. The van der Waals surface area contributed by atoms with Crippen LogP contribution in [0.3, 0.4) is 0 Å². The SMILES string of the molecule is CCCC[C@H]1C[C@H]1C(=O)O. The fraction of sp³-hybridized carbons (Fsp3) is 0.875. The van der Waals surface area contributed by atoms with Crippen LogP contribution in [0.2, 0.25) is 0 Å². The van der Waals surface area contributed by atoms with E-state index in [2.05, 4.69) is 6.92 Å². The van der Waals surface area contributed by atoms with Crippen LogP contribution in [0.15, 0.2) is 0 Å². The lowest BCUT2D eigenvalue weighted by molar-refractivity contribution is -0.138. The number of carboxylic acid groups (broad SMARTS) is 1.